The molecule has 4 heteroatoms. The zero-order valence-electron chi connectivity index (χ0n) is 12.0. The molecule has 0 bridgehead atoms. The first-order valence-corrected chi connectivity index (χ1v) is 7.67. The second kappa shape index (κ2) is 5.37. The van der Waals surface area contributed by atoms with E-state index in [0.717, 1.165) is 21.3 Å². The molecule has 1 aliphatic rings. The molecule has 2 aromatic rings. The Hall–Kier alpha value is -1.49. The molecule has 1 aliphatic heterocycles. The Morgan fingerprint density at radius 2 is 1.67 bits per heavy atom. The quantitative estimate of drug-likeness (QED) is 0.875. The third-order valence-corrected chi connectivity index (χ3v) is 4.38. The fraction of sp³-hybridized carbons (Fsp3) is 0.235. The predicted molar refractivity (Wildman–Crippen MR) is 87.6 cm³/mol. The summed E-state index contributed by atoms with van der Waals surface area (Å²) >= 11 is 3.43. The average molecular weight is 345 g/mol. The van der Waals surface area contributed by atoms with Crippen molar-refractivity contribution in [3.8, 4) is 0 Å². The van der Waals surface area contributed by atoms with Crippen LogP contribution in [0.15, 0.2) is 64.1 Å². The molecule has 2 aromatic carbocycles. The van der Waals surface area contributed by atoms with Crippen molar-refractivity contribution in [2.75, 3.05) is 0 Å². The highest BCUT2D eigenvalue weighted by Gasteiger charge is 2.43. The summed E-state index contributed by atoms with van der Waals surface area (Å²) < 4.78 is 1.01. The van der Waals surface area contributed by atoms with Gasteiger partial charge in [0.15, 0.2) is 6.17 Å². The van der Waals surface area contributed by atoms with E-state index in [4.69, 9.17) is 4.99 Å². The fourth-order valence-corrected chi connectivity index (χ4v) is 2.89. The van der Waals surface area contributed by atoms with Gasteiger partial charge in [0.1, 0.15) is 0 Å². The van der Waals surface area contributed by atoms with Gasteiger partial charge >= 0.3 is 0 Å². The van der Waals surface area contributed by atoms with Crippen LogP contribution in [-0.4, -0.2) is 21.5 Å². The van der Waals surface area contributed by atoms with E-state index in [0.29, 0.717) is 0 Å². The first kappa shape index (κ1) is 14.4. The molecule has 0 spiro atoms. The van der Waals surface area contributed by atoms with Gasteiger partial charge in [-0.2, -0.15) is 5.06 Å². The molecule has 108 valence electrons. The van der Waals surface area contributed by atoms with Gasteiger partial charge in [-0.3, -0.25) is 4.99 Å². The third-order valence-electron chi connectivity index (χ3n) is 3.85. The molecule has 1 heterocycles. The van der Waals surface area contributed by atoms with E-state index in [1.54, 1.807) is 0 Å². The second-order valence-electron chi connectivity index (χ2n) is 5.67. The molecule has 0 unspecified atom stereocenters. The highest BCUT2D eigenvalue weighted by molar-refractivity contribution is 9.10. The Kier molecular flexibility index (Phi) is 3.69. The van der Waals surface area contributed by atoms with Gasteiger partial charge in [0.25, 0.3) is 0 Å². The number of benzene rings is 2. The monoisotopic (exact) mass is 344 g/mol. The summed E-state index contributed by atoms with van der Waals surface area (Å²) in [7, 11) is 0. The number of rotatable bonds is 2. The van der Waals surface area contributed by atoms with Crippen molar-refractivity contribution in [1.82, 2.24) is 5.06 Å². The van der Waals surface area contributed by atoms with Crippen LogP contribution < -0.4 is 0 Å². The van der Waals surface area contributed by atoms with Crippen LogP contribution in [0.2, 0.25) is 0 Å². The van der Waals surface area contributed by atoms with Gasteiger partial charge in [-0.15, -0.1) is 0 Å². The van der Waals surface area contributed by atoms with E-state index in [9.17, 15) is 5.21 Å². The third kappa shape index (κ3) is 2.55. The molecular formula is C17H17BrN2O. The van der Waals surface area contributed by atoms with E-state index >= 15 is 0 Å². The van der Waals surface area contributed by atoms with Crippen LogP contribution in [0.25, 0.3) is 0 Å². The summed E-state index contributed by atoms with van der Waals surface area (Å²) in [6.07, 6.45) is -0.372. The first-order chi connectivity index (χ1) is 10.00. The lowest BCUT2D eigenvalue weighted by molar-refractivity contribution is -0.159. The van der Waals surface area contributed by atoms with Crippen LogP contribution in [0.5, 0.6) is 0 Å². The minimum Gasteiger partial charge on any atom is -0.311 e. The summed E-state index contributed by atoms with van der Waals surface area (Å²) in [6.45, 7) is 3.97. The summed E-state index contributed by atoms with van der Waals surface area (Å²) in [4.78, 5) is 4.77. The zero-order chi connectivity index (χ0) is 15.0. The maximum atomic E-state index is 10.6. The van der Waals surface area contributed by atoms with Gasteiger partial charge in [-0.25, -0.2) is 0 Å². The lowest BCUT2D eigenvalue weighted by Crippen LogP contribution is -2.44. The molecule has 0 aromatic heterocycles. The van der Waals surface area contributed by atoms with Gasteiger partial charge in [-0.1, -0.05) is 58.4 Å². The molecule has 0 amide bonds. The van der Waals surface area contributed by atoms with Gasteiger partial charge in [-0.05, 0) is 37.1 Å². The number of halogens is 1. The second-order valence-corrected chi connectivity index (χ2v) is 6.59. The average Bonchev–Trinajstić information content (AvgIpc) is 2.72. The zero-order valence-corrected chi connectivity index (χ0v) is 13.6. The first-order valence-electron chi connectivity index (χ1n) is 6.87. The van der Waals surface area contributed by atoms with Gasteiger partial charge in [0, 0.05) is 4.47 Å². The van der Waals surface area contributed by atoms with E-state index in [2.05, 4.69) is 15.9 Å². The summed E-state index contributed by atoms with van der Waals surface area (Å²) in [5, 5.41) is 11.9. The topological polar surface area (TPSA) is 35.8 Å². The van der Waals surface area contributed by atoms with Crippen LogP contribution in [0.1, 0.15) is 31.1 Å². The lowest BCUT2D eigenvalue weighted by Gasteiger charge is -2.30. The maximum absolute atomic E-state index is 10.6. The molecule has 21 heavy (non-hydrogen) atoms. The molecular weight excluding hydrogens is 328 g/mol. The maximum Gasteiger partial charge on any atom is 0.151 e. The van der Waals surface area contributed by atoms with Crippen molar-refractivity contribution in [3.63, 3.8) is 0 Å². The van der Waals surface area contributed by atoms with E-state index in [1.165, 1.54) is 5.06 Å². The molecule has 0 radical (unpaired) electrons. The molecule has 3 rings (SSSR count). The van der Waals surface area contributed by atoms with Crippen molar-refractivity contribution < 1.29 is 5.21 Å². The minimum absolute atomic E-state index is 0.372. The van der Waals surface area contributed by atoms with E-state index in [-0.39, 0.29) is 6.17 Å². The highest BCUT2D eigenvalue weighted by Crippen LogP contribution is 2.37. The van der Waals surface area contributed by atoms with Crippen molar-refractivity contribution in [2.24, 2.45) is 4.99 Å². The number of hydrogen-bond donors (Lipinski definition) is 1. The van der Waals surface area contributed by atoms with Crippen LogP contribution in [0.4, 0.5) is 0 Å². The SMILES string of the molecule is CC1(C)C(c2ccccc2)=N[C@@H](c2ccc(Br)cc2)N1O. The summed E-state index contributed by atoms with van der Waals surface area (Å²) in [5.41, 5.74) is 2.39. The van der Waals surface area contributed by atoms with E-state index in [1.807, 2.05) is 68.4 Å². The number of hydroxylamine groups is 2. The van der Waals surface area contributed by atoms with E-state index < -0.39 is 5.54 Å². The molecule has 0 fully saturated rings. The smallest absolute Gasteiger partial charge is 0.151 e. The van der Waals surface area contributed by atoms with Gasteiger partial charge < -0.3 is 5.21 Å². The molecule has 0 saturated heterocycles. The summed E-state index contributed by atoms with van der Waals surface area (Å²) in [6, 6.07) is 17.9. The van der Waals surface area contributed by atoms with Crippen LogP contribution in [-0.2, 0) is 0 Å². The normalized spacial score (nSPS) is 21.3. The van der Waals surface area contributed by atoms with Gasteiger partial charge in [0.2, 0.25) is 0 Å². The Morgan fingerprint density at radius 3 is 2.29 bits per heavy atom. The lowest BCUT2D eigenvalue weighted by atomic mass is 9.93. The standard InChI is InChI=1S/C17H17BrN2O/c1-17(2)15(12-6-4-3-5-7-12)19-16(20(17)21)13-8-10-14(18)11-9-13/h3-11,16,21H,1-2H3/t16-/m1/s1. The predicted octanol–water partition coefficient (Wildman–Crippen LogP) is 4.42. The van der Waals surface area contributed by atoms with Crippen molar-refractivity contribution in [2.45, 2.75) is 25.6 Å². The number of aliphatic imine (C=N–C) groups is 1. The Morgan fingerprint density at radius 1 is 1.05 bits per heavy atom. The molecule has 3 nitrogen and oxygen atoms in total. The Bertz CT molecular complexity index is 665. The minimum atomic E-state index is -0.529. The van der Waals surface area contributed by atoms with Crippen LogP contribution in [0.3, 0.4) is 0 Å². The molecule has 0 saturated carbocycles. The highest BCUT2D eigenvalue weighted by atomic mass is 79.9. The largest absolute Gasteiger partial charge is 0.311 e. The van der Waals surface area contributed by atoms with Gasteiger partial charge in [0.05, 0.1) is 11.3 Å². The number of nitrogens with zero attached hydrogens (tertiary/aromatic N) is 2. The number of hydrogen-bond acceptors (Lipinski definition) is 3. The van der Waals surface area contributed by atoms with Crippen molar-refractivity contribution >= 4 is 21.6 Å². The van der Waals surface area contributed by atoms with Crippen LogP contribution >= 0.6 is 15.9 Å². The van der Waals surface area contributed by atoms with Crippen molar-refractivity contribution in [3.05, 3.63) is 70.2 Å². The van der Waals surface area contributed by atoms with Crippen LogP contribution in [0, 0.1) is 0 Å². The fourth-order valence-electron chi connectivity index (χ4n) is 2.62. The molecule has 0 aliphatic carbocycles. The Balaban J connectivity index is 2.04. The Labute approximate surface area is 133 Å². The molecule has 1 N–H and O–H groups in total. The van der Waals surface area contributed by atoms with Crippen molar-refractivity contribution in [1.29, 1.82) is 0 Å². The molecule has 1 atom stereocenters. The summed E-state index contributed by atoms with van der Waals surface area (Å²) in [5.74, 6) is 0.